The molecule has 4 heteroatoms. The molecular weight excluding hydrogens is 159 g/mol. The Bertz CT molecular complexity index is 271. The van der Waals surface area contributed by atoms with Crippen LogP contribution in [0.25, 0.3) is 5.76 Å². The number of halogens is 1. The quantitative estimate of drug-likeness (QED) is 0.508. The van der Waals surface area contributed by atoms with Gasteiger partial charge in [-0.25, -0.2) is 9.97 Å². The zero-order chi connectivity index (χ0) is 8.97. The van der Waals surface area contributed by atoms with E-state index in [1.54, 1.807) is 0 Å². The number of aromatic nitrogens is 2. The van der Waals surface area contributed by atoms with Crippen molar-refractivity contribution in [3.8, 4) is 0 Å². The van der Waals surface area contributed by atoms with Gasteiger partial charge >= 0.3 is 6.08 Å². The van der Waals surface area contributed by atoms with Crippen molar-refractivity contribution in [3.05, 3.63) is 30.6 Å². The van der Waals surface area contributed by atoms with E-state index < -0.39 is 6.08 Å². The summed E-state index contributed by atoms with van der Waals surface area (Å²) in [4.78, 5) is 6.73. The normalized spacial score (nSPS) is 9.50. The first-order chi connectivity index (χ1) is 5.74. The molecule has 0 aromatic carbocycles. The predicted molar refractivity (Wildman–Crippen MR) is 42.7 cm³/mol. The van der Waals surface area contributed by atoms with Crippen LogP contribution in [-0.2, 0) is 4.74 Å². The fourth-order valence-electron chi connectivity index (χ4n) is 0.714. The van der Waals surface area contributed by atoms with Gasteiger partial charge < -0.3 is 4.74 Å². The minimum absolute atomic E-state index is 0.456. The predicted octanol–water partition coefficient (Wildman–Crippen LogP) is 1.62. The average Bonchev–Trinajstić information content (AvgIpc) is 2.06. The molecule has 0 aliphatic carbocycles. The second kappa shape index (κ2) is 3.80. The molecule has 0 fully saturated rings. The first kappa shape index (κ1) is 8.64. The van der Waals surface area contributed by atoms with Crippen LogP contribution in [0.4, 0.5) is 4.39 Å². The van der Waals surface area contributed by atoms with Gasteiger partial charge in [0.05, 0.1) is 12.2 Å². The van der Waals surface area contributed by atoms with Crippen molar-refractivity contribution in [2.45, 2.75) is 6.92 Å². The molecule has 0 atom stereocenters. The van der Waals surface area contributed by atoms with Crippen molar-refractivity contribution in [1.29, 1.82) is 0 Å². The van der Waals surface area contributed by atoms with Gasteiger partial charge in [-0.2, -0.15) is 4.39 Å². The molecule has 1 aromatic rings. The van der Waals surface area contributed by atoms with Gasteiger partial charge in [-0.05, 0) is 6.92 Å². The van der Waals surface area contributed by atoms with E-state index >= 15 is 0 Å². The van der Waals surface area contributed by atoms with E-state index in [0.717, 1.165) is 0 Å². The van der Waals surface area contributed by atoms with Crippen molar-refractivity contribution >= 4 is 5.76 Å². The summed E-state index contributed by atoms with van der Waals surface area (Å²) in [7, 11) is 0. The van der Waals surface area contributed by atoms with Crippen LogP contribution in [0.15, 0.2) is 19.0 Å². The molecule has 0 N–H and O–H groups in total. The van der Waals surface area contributed by atoms with E-state index in [4.69, 9.17) is 4.74 Å². The Balaban J connectivity index is 2.75. The second-order valence-corrected chi connectivity index (χ2v) is 2.10. The third-order valence-corrected chi connectivity index (χ3v) is 1.26. The van der Waals surface area contributed by atoms with Gasteiger partial charge in [0.1, 0.15) is 5.76 Å². The van der Waals surface area contributed by atoms with Crippen LogP contribution in [0, 0.1) is 6.08 Å². The van der Waals surface area contributed by atoms with Crippen LogP contribution >= 0.6 is 0 Å². The summed E-state index contributed by atoms with van der Waals surface area (Å²) in [5.41, 5.74) is 0.596. The van der Waals surface area contributed by atoms with Crippen molar-refractivity contribution in [2.75, 3.05) is 6.61 Å². The van der Waals surface area contributed by atoms with E-state index in [9.17, 15) is 4.39 Å². The lowest BCUT2D eigenvalue weighted by molar-refractivity contribution is 0.298. The molecule has 3 nitrogen and oxygen atoms in total. The Kier molecular flexibility index (Phi) is 2.74. The highest BCUT2D eigenvalue weighted by Crippen LogP contribution is 2.10. The molecular formula is C8H9FN2O. The molecule has 64 valence electrons. The Hall–Kier alpha value is -1.45. The summed E-state index contributed by atoms with van der Waals surface area (Å²) in [6.45, 7) is 5.99. The first-order valence-corrected chi connectivity index (χ1v) is 3.53. The molecule has 0 aliphatic heterocycles. The van der Waals surface area contributed by atoms with Crippen LogP contribution in [0.5, 0.6) is 0 Å². The molecule has 0 spiro atoms. The molecule has 0 saturated heterocycles. The number of hydrogen-bond donors (Lipinski definition) is 0. The minimum atomic E-state index is -0.747. The number of ether oxygens (including phenoxy) is 1. The monoisotopic (exact) mass is 168 g/mol. The number of rotatable bonds is 3. The first-order valence-electron chi connectivity index (χ1n) is 3.53. The van der Waals surface area contributed by atoms with Gasteiger partial charge in [0.25, 0.3) is 0 Å². The summed E-state index contributed by atoms with van der Waals surface area (Å²) >= 11 is 0. The third-order valence-electron chi connectivity index (χ3n) is 1.26. The van der Waals surface area contributed by atoms with Gasteiger partial charge in [-0.3, -0.25) is 0 Å². The van der Waals surface area contributed by atoms with Gasteiger partial charge in [-0.15, -0.1) is 0 Å². The summed E-state index contributed by atoms with van der Waals surface area (Å²) in [5, 5.41) is 0. The molecule has 12 heavy (non-hydrogen) atoms. The van der Waals surface area contributed by atoms with Crippen LogP contribution in [0.3, 0.4) is 0 Å². The zero-order valence-electron chi connectivity index (χ0n) is 6.75. The SMILES string of the molecule is C=C(OCC)c1cnc(F)nc1. The maximum atomic E-state index is 12.2. The molecule has 1 rings (SSSR count). The minimum Gasteiger partial charge on any atom is -0.494 e. The maximum Gasteiger partial charge on any atom is 0.308 e. The van der Waals surface area contributed by atoms with Gasteiger partial charge in [0.15, 0.2) is 0 Å². The average molecular weight is 168 g/mol. The van der Waals surface area contributed by atoms with Gasteiger partial charge in [-0.1, -0.05) is 6.58 Å². The molecule has 1 heterocycles. The van der Waals surface area contributed by atoms with Crippen molar-refractivity contribution in [1.82, 2.24) is 9.97 Å². The highest BCUT2D eigenvalue weighted by molar-refractivity contribution is 5.54. The number of hydrogen-bond acceptors (Lipinski definition) is 3. The Labute approximate surface area is 69.9 Å². The molecule has 0 unspecified atom stereocenters. The fraction of sp³-hybridized carbons (Fsp3) is 0.250. The number of nitrogens with zero attached hydrogens (tertiary/aromatic N) is 2. The Morgan fingerprint density at radius 2 is 2.17 bits per heavy atom. The highest BCUT2D eigenvalue weighted by atomic mass is 19.1. The van der Waals surface area contributed by atoms with Crippen molar-refractivity contribution in [2.24, 2.45) is 0 Å². The summed E-state index contributed by atoms with van der Waals surface area (Å²) in [5.74, 6) is 0.456. The topological polar surface area (TPSA) is 35.0 Å². The van der Waals surface area contributed by atoms with E-state index in [1.807, 2.05) is 6.92 Å². The summed E-state index contributed by atoms with van der Waals surface area (Å²) in [6.07, 6.45) is 1.92. The van der Waals surface area contributed by atoms with Crippen LogP contribution < -0.4 is 0 Å². The van der Waals surface area contributed by atoms with Crippen LogP contribution in [-0.4, -0.2) is 16.6 Å². The Morgan fingerprint density at radius 3 is 2.67 bits per heavy atom. The van der Waals surface area contributed by atoms with Crippen molar-refractivity contribution in [3.63, 3.8) is 0 Å². The third kappa shape index (κ3) is 2.02. The fourth-order valence-corrected chi connectivity index (χ4v) is 0.714. The molecule has 0 aliphatic rings. The Morgan fingerprint density at radius 1 is 1.58 bits per heavy atom. The smallest absolute Gasteiger partial charge is 0.308 e. The lowest BCUT2D eigenvalue weighted by atomic mass is 10.3. The van der Waals surface area contributed by atoms with Gasteiger partial charge in [0.2, 0.25) is 0 Å². The van der Waals surface area contributed by atoms with E-state index in [-0.39, 0.29) is 0 Å². The molecule has 0 saturated carbocycles. The van der Waals surface area contributed by atoms with E-state index in [2.05, 4.69) is 16.5 Å². The second-order valence-electron chi connectivity index (χ2n) is 2.10. The lowest BCUT2D eigenvalue weighted by Gasteiger charge is -2.04. The lowest BCUT2D eigenvalue weighted by Crippen LogP contribution is -1.94. The highest BCUT2D eigenvalue weighted by Gasteiger charge is 2.00. The molecule has 0 radical (unpaired) electrons. The van der Waals surface area contributed by atoms with Gasteiger partial charge in [0, 0.05) is 12.4 Å². The standard InChI is InChI=1S/C8H9FN2O/c1-3-12-6(2)7-4-10-8(9)11-5-7/h4-5H,2-3H2,1H3. The zero-order valence-corrected chi connectivity index (χ0v) is 6.75. The maximum absolute atomic E-state index is 12.2. The largest absolute Gasteiger partial charge is 0.494 e. The summed E-state index contributed by atoms with van der Waals surface area (Å²) in [6, 6.07) is 0. The molecule has 0 amide bonds. The van der Waals surface area contributed by atoms with E-state index in [1.165, 1.54) is 12.4 Å². The van der Waals surface area contributed by atoms with Crippen molar-refractivity contribution < 1.29 is 9.13 Å². The van der Waals surface area contributed by atoms with Crippen LogP contribution in [0.1, 0.15) is 12.5 Å². The molecule has 0 bridgehead atoms. The van der Waals surface area contributed by atoms with Crippen LogP contribution in [0.2, 0.25) is 0 Å². The molecule has 1 aromatic heterocycles. The van der Waals surface area contributed by atoms with E-state index in [0.29, 0.717) is 17.9 Å². The summed E-state index contributed by atoms with van der Waals surface area (Å²) < 4.78 is 17.3.